The average Bonchev–Trinajstić information content (AvgIpc) is 2.09. The highest BCUT2D eigenvalue weighted by molar-refractivity contribution is 5.90. The van der Waals surface area contributed by atoms with Crippen molar-refractivity contribution in [1.29, 1.82) is 0 Å². The van der Waals surface area contributed by atoms with Gasteiger partial charge in [-0.1, -0.05) is 6.07 Å². The number of pyridine rings is 1. The van der Waals surface area contributed by atoms with Crippen LogP contribution < -0.4 is 5.32 Å². The fourth-order valence-electron chi connectivity index (χ4n) is 0.913. The number of carbonyl (C=O) groups excluding carboxylic acids is 1. The van der Waals surface area contributed by atoms with Gasteiger partial charge in [0.2, 0.25) is 5.91 Å². The number of aryl methyl sites for hydroxylation is 1. The van der Waals surface area contributed by atoms with E-state index in [1.807, 2.05) is 13.0 Å². The molecule has 0 unspecified atom stereocenters. The van der Waals surface area contributed by atoms with Crippen molar-refractivity contribution in [3.8, 4) is 0 Å². The molecule has 1 aromatic rings. The molecule has 0 atom stereocenters. The summed E-state index contributed by atoms with van der Waals surface area (Å²) in [4.78, 5) is 15.0. The summed E-state index contributed by atoms with van der Waals surface area (Å²) in [5.74, 6) is 0.338. The molecule has 0 radical (unpaired) electrons. The van der Waals surface area contributed by atoms with Gasteiger partial charge in [0.25, 0.3) is 0 Å². The fourth-order valence-corrected chi connectivity index (χ4v) is 0.913. The number of nitrogens with one attached hydrogen (secondary N) is 1. The van der Waals surface area contributed by atoms with E-state index in [9.17, 15) is 4.79 Å². The first-order valence-electron chi connectivity index (χ1n) is 4.06. The van der Waals surface area contributed by atoms with E-state index in [2.05, 4.69) is 10.3 Å². The third kappa shape index (κ3) is 2.83. The van der Waals surface area contributed by atoms with Crippen LogP contribution in [-0.2, 0) is 4.79 Å². The zero-order chi connectivity index (χ0) is 9.68. The fraction of sp³-hybridized carbons (Fsp3) is 0.333. The molecule has 0 bridgehead atoms. The topological polar surface area (TPSA) is 62.2 Å². The summed E-state index contributed by atoms with van der Waals surface area (Å²) in [6, 6.07) is 3.67. The minimum atomic E-state index is -0.218. The lowest BCUT2D eigenvalue weighted by Crippen LogP contribution is -2.14. The molecule has 0 saturated carbocycles. The molecule has 1 aromatic heterocycles. The summed E-state index contributed by atoms with van der Waals surface area (Å²) in [5.41, 5.74) is 0.911. The number of hydrogen-bond acceptors (Lipinski definition) is 3. The number of nitrogens with zero attached hydrogens (tertiary/aromatic N) is 1. The lowest BCUT2D eigenvalue weighted by molar-refractivity contribution is -0.116. The van der Waals surface area contributed by atoms with Gasteiger partial charge in [-0.05, 0) is 18.6 Å². The van der Waals surface area contributed by atoms with Gasteiger partial charge in [0.05, 0.1) is 13.0 Å². The number of amides is 1. The maximum Gasteiger partial charge on any atom is 0.227 e. The quantitative estimate of drug-likeness (QED) is 0.720. The summed E-state index contributed by atoms with van der Waals surface area (Å²) < 4.78 is 0. The molecule has 1 rings (SSSR count). The first-order valence-corrected chi connectivity index (χ1v) is 4.06. The Balaban J connectivity index is 2.63. The molecule has 0 aromatic carbocycles. The maximum absolute atomic E-state index is 11.1. The van der Waals surface area contributed by atoms with Crippen LogP contribution >= 0.6 is 0 Å². The van der Waals surface area contributed by atoms with Crippen molar-refractivity contribution in [2.45, 2.75) is 13.3 Å². The molecular formula is C9H12N2O2. The summed E-state index contributed by atoms with van der Waals surface area (Å²) in [7, 11) is 0. The van der Waals surface area contributed by atoms with Crippen molar-refractivity contribution in [2.24, 2.45) is 0 Å². The molecule has 0 aliphatic carbocycles. The van der Waals surface area contributed by atoms with E-state index >= 15 is 0 Å². The Bertz CT molecular complexity index is 299. The molecule has 4 nitrogen and oxygen atoms in total. The maximum atomic E-state index is 11.1. The largest absolute Gasteiger partial charge is 0.396 e. The molecule has 70 valence electrons. The van der Waals surface area contributed by atoms with E-state index in [-0.39, 0.29) is 18.9 Å². The van der Waals surface area contributed by atoms with Gasteiger partial charge in [0.1, 0.15) is 5.82 Å². The second-order valence-corrected chi connectivity index (χ2v) is 2.69. The molecule has 13 heavy (non-hydrogen) atoms. The zero-order valence-electron chi connectivity index (χ0n) is 7.45. The van der Waals surface area contributed by atoms with Crippen LogP contribution in [0.4, 0.5) is 5.82 Å². The molecule has 0 aliphatic heterocycles. The first kappa shape index (κ1) is 9.67. The molecule has 0 aliphatic rings. The first-order chi connectivity index (χ1) is 6.24. The Morgan fingerprint density at radius 3 is 3.08 bits per heavy atom. The summed E-state index contributed by atoms with van der Waals surface area (Å²) in [6.07, 6.45) is 1.72. The van der Waals surface area contributed by atoms with Crippen LogP contribution in [0.25, 0.3) is 0 Å². The van der Waals surface area contributed by atoms with Crippen molar-refractivity contribution in [2.75, 3.05) is 11.9 Å². The number of aliphatic hydroxyl groups excluding tert-OH is 1. The average molecular weight is 180 g/mol. The molecule has 4 heteroatoms. The van der Waals surface area contributed by atoms with Gasteiger partial charge in [-0.25, -0.2) is 4.98 Å². The van der Waals surface area contributed by atoms with Crippen molar-refractivity contribution < 1.29 is 9.90 Å². The molecule has 0 saturated heterocycles. The Kier molecular flexibility index (Phi) is 3.40. The Hall–Kier alpha value is -1.42. The van der Waals surface area contributed by atoms with Crippen molar-refractivity contribution in [1.82, 2.24) is 4.98 Å². The van der Waals surface area contributed by atoms with Crippen LogP contribution in [-0.4, -0.2) is 22.6 Å². The summed E-state index contributed by atoms with van der Waals surface area (Å²) >= 11 is 0. The van der Waals surface area contributed by atoms with Gasteiger partial charge in [0.15, 0.2) is 0 Å². The minimum absolute atomic E-state index is 0.107. The molecule has 1 amide bonds. The Labute approximate surface area is 76.6 Å². The Morgan fingerprint density at radius 1 is 1.69 bits per heavy atom. The minimum Gasteiger partial charge on any atom is -0.396 e. The smallest absolute Gasteiger partial charge is 0.227 e. The van der Waals surface area contributed by atoms with Crippen LogP contribution in [0.5, 0.6) is 0 Å². The second-order valence-electron chi connectivity index (χ2n) is 2.69. The van der Waals surface area contributed by atoms with E-state index in [1.54, 1.807) is 12.3 Å². The summed E-state index contributed by atoms with van der Waals surface area (Å²) in [6.45, 7) is 1.72. The standard InChI is InChI=1S/C9H12N2O2/c1-7-3-2-5-10-9(7)11-8(13)4-6-12/h2-3,5,12H,4,6H2,1H3,(H,10,11,13). The van der Waals surface area contributed by atoms with Gasteiger partial charge in [0, 0.05) is 6.20 Å². The van der Waals surface area contributed by atoms with Crippen molar-refractivity contribution in [3.05, 3.63) is 23.9 Å². The molecule has 0 fully saturated rings. The van der Waals surface area contributed by atoms with Crippen LogP contribution in [0.1, 0.15) is 12.0 Å². The van der Waals surface area contributed by atoms with Crippen LogP contribution in [0, 0.1) is 6.92 Å². The van der Waals surface area contributed by atoms with Gasteiger partial charge >= 0.3 is 0 Å². The number of hydrogen-bond donors (Lipinski definition) is 2. The normalized spacial score (nSPS) is 9.69. The predicted molar refractivity (Wildman–Crippen MR) is 49.3 cm³/mol. The lowest BCUT2D eigenvalue weighted by Gasteiger charge is -2.04. The van der Waals surface area contributed by atoms with Crippen LogP contribution in [0.3, 0.4) is 0 Å². The van der Waals surface area contributed by atoms with E-state index in [1.165, 1.54) is 0 Å². The zero-order valence-corrected chi connectivity index (χ0v) is 7.45. The van der Waals surface area contributed by atoms with Crippen LogP contribution in [0.15, 0.2) is 18.3 Å². The number of rotatable bonds is 3. The summed E-state index contributed by atoms with van der Waals surface area (Å²) in [5, 5.41) is 11.1. The van der Waals surface area contributed by atoms with Crippen molar-refractivity contribution in [3.63, 3.8) is 0 Å². The molecule has 0 spiro atoms. The van der Waals surface area contributed by atoms with E-state index in [4.69, 9.17) is 5.11 Å². The molecular weight excluding hydrogens is 168 g/mol. The van der Waals surface area contributed by atoms with Gasteiger partial charge in [-0.15, -0.1) is 0 Å². The van der Waals surface area contributed by atoms with Crippen molar-refractivity contribution >= 4 is 11.7 Å². The molecule has 1 heterocycles. The monoisotopic (exact) mass is 180 g/mol. The number of aromatic nitrogens is 1. The van der Waals surface area contributed by atoms with Gasteiger partial charge in [-0.3, -0.25) is 4.79 Å². The van der Waals surface area contributed by atoms with Gasteiger partial charge in [-0.2, -0.15) is 0 Å². The highest BCUT2D eigenvalue weighted by Crippen LogP contribution is 2.08. The number of anilines is 1. The highest BCUT2D eigenvalue weighted by Gasteiger charge is 2.03. The Morgan fingerprint density at radius 2 is 2.46 bits per heavy atom. The van der Waals surface area contributed by atoms with E-state index in [0.29, 0.717) is 5.82 Å². The predicted octanol–water partition coefficient (Wildman–Crippen LogP) is 0.711. The lowest BCUT2D eigenvalue weighted by atomic mass is 10.3. The third-order valence-electron chi connectivity index (χ3n) is 1.61. The number of aliphatic hydroxyl groups is 1. The van der Waals surface area contributed by atoms with E-state index in [0.717, 1.165) is 5.56 Å². The van der Waals surface area contributed by atoms with E-state index < -0.39 is 0 Å². The van der Waals surface area contributed by atoms with Gasteiger partial charge < -0.3 is 10.4 Å². The number of carbonyl (C=O) groups is 1. The van der Waals surface area contributed by atoms with Crippen LogP contribution in [0.2, 0.25) is 0 Å². The SMILES string of the molecule is Cc1cccnc1NC(=O)CCO. The molecule has 2 N–H and O–H groups in total. The second kappa shape index (κ2) is 4.57. The highest BCUT2D eigenvalue weighted by atomic mass is 16.3. The third-order valence-corrected chi connectivity index (χ3v) is 1.61.